The molecule has 24 heavy (non-hydrogen) atoms. The largest absolute Gasteiger partial charge is 0.376 e. The molecule has 0 amide bonds. The fraction of sp³-hybridized carbons (Fsp3) is 0.421. The van der Waals surface area contributed by atoms with Gasteiger partial charge in [0.15, 0.2) is 15.6 Å². The average molecular weight is 347 g/mol. The van der Waals surface area contributed by atoms with Crippen LogP contribution >= 0.6 is 0 Å². The van der Waals surface area contributed by atoms with Crippen molar-refractivity contribution in [2.24, 2.45) is 5.92 Å². The highest BCUT2D eigenvalue weighted by Gasteiger charge is 2.26. The van der Waals surface area contributed by atoms with Gasteiger partial charge in [-0.1, -0.05) is 31.2 Å². The Labute approximate surface area is 144 Å². The van der Waals surface area contributed by atoms with Gasteiger partial charge in [-0.2, -0.15) is 0 Å². The van der Waals surface area contributed by atoms with E-state index in [2.05, 4.69) is 25.2 Å². The molecule has 0 radical (unpaired) electrons. The second-order valence-corrected chi connectivity index (χ2v) is 9.10. The van der Waals surface area contributed by atoms with Crippen LogP contribution in [0, 0.1) is 5.92 Å². The zero-order valence-corrected chi connectivity index (χ0v) is 15.7. The van der Waals surface area contributed by atoms with Crippen molar-refractivity contribution in [1.82, 2.24) is 0 Å². The summed E-state index contributed by atoms with van der Waals surface area (Å²) in [6.07, 6.45) is 5.15. The summed E-state index contributed by atoms with van der Waals surface area (Å²) in [5, 5.41) is 4.60. The van der Waals surface area contributed by atoms with Gasteiger partial charge < -0.3 is 5.32 Å². The minimum Gasteiger partial charge on any atom is -0.376 e. The molecule has 0 aromatic heterocycles. The number of carbonyl (C=O) groups is 1. The molecule has 0 saturated heterocycles. The smallest absolute Gasteiger partial charge is 0.168 e. The Morgan fingerprint density at radius 1 is 1.33 bits per heavy atom. The van der Waals surface area contributed by atoms with Crippen LogP contribution in [-0.2, 0) is 9.84 Å². The molecule has 0 spiro atoms. The Morgan fingerprint density at radius 2 is 2.00 bits per heavy atom. The molecule has 0 saturated carbocycles. The van der Waals surface area contributed by atoms with E-state index in [4.69, 9.17) is 0 Å². The van der Waals surface area contributed by atoms with E-state index in [0.717, 1.165) is 23.1 Å². The topological polar surface area (TPSA) is 63.2 Å². The van der Waals surface area contributed by atoms with Crippen LogP contribution in [-0.4, -0.2) is 26.0 Å². The summed E-state index contributed by atoms with van der Waals surface area (Å²) in [4.78, 5) is 12.7. The monoisotopic (exact) mass is 347 g/mol. The molecular formula is C19H25NO3S. The van der Waals surface area contributed by atoms with Crippen molar-refractivity contribution in [2.75, 3.05) is 11.6 Å². The lowest BCUT2D eigenvalue weighted by Crippen LogP contribution is -2.32. The van der Waals surface area contributed by atoms with Gasteiger partial charge in [0.1, 0.15) is 0 Å². The van der Waals surface area contributed by atoms with Crippen molar-refractivity contribution < 1.29 is 13.2 Å². The standard InChI is InChI=1S/C19H25NO3S/c1-13(9-10-24(5,22)23)11-17(21)16-8-6-7-15-14(2)12-19(3,4)20-18(15)16/h6-10,12-13,20H,11H2,1-5H3. The van der Waals surface area contributed by atoms with Crippen LogP contribution in [0.1, 0.15) is 50.0 Å². The number of nitrogens with one attached hydrogen (secondary N) is 1. The van der Waals surface area contributed by atoms with E-state index in [9.17, 15) is 13.2 Å². The zero-order valence-electron chi connectivity index (χ0n) is 14.9. The lowest BCUT2D eigenvalue weighted by Gasteiger charge is -2.32. The SMILES string of the molecule is CC1=CC(C)(C)Nc2c(C(=O)CC(C)C=CS(C)(=O)=O)cccc21. The van der Waals surface area contributed by atoms with Crippen LogP contribution < -0.4 is 5.32 Å². The number of hydrogen-bond acceptors (Lipinski definition) is 4. The molecular weight excluding hydrogens is 322 g/mol. The molecule has 2 rings (SSSR count). The number of para-hydroxylation sites is 1. The van der Waals surface area contributed by atoms with E-state index >= 15 is 0 Å². The quantitative estimate of drug-likeness (QED) is 0.816. The van der Waals surface area contributed by atoms with Crippen LogP contribution in [0.5, 0.6) is 0 Å². The van der Waals surface area contributed by atoms with Crippen LogP contribution in [0.3, 0.4) is 0 Å². The van der Waals surface area contributed by atoms with Crippen LogP contribution in [0.4, 0.5) is 5.69 Å². The Hall–Kier alpha value is -1.88. The third-order valence-electron chi connectivity index (χ3n) is 3.98. The molecule has 1 atom stereocenters. The van der Waals surface area contributed by atoms with Gasteiger partial charge >= 0.3 is 0 Å². The van der Waals surface area contributed by atoms with Crippen LogP contribution in [0.25, 0.3) is 5.57 Å². The van der Waals surface area contributed by atoms with Crippen molar-refractivity contribution in [2.45, 2.75) is 39.7 Å². The van der Waals surface area contributed by atoms with Gasteiger partial charge in [-0.15, -0.1) is 0 Å². The van der Waals surface area contributed by atoms with E-state index in [1.54, 1.807) is 6.08 Å². The van der Waals surface area contributed by atoms with Crippen molar-refractivity contribution in [3.05, 3.63) is 46.9 Å². The first kappa shape index (κ1) is 18.5. The minimum absolute atomic E-state index is 0.00972. The van der Waals surface area contributed by atoms with Crippen LogP contribution in [0.2, 0.25) is 0 Å². The summed E-state index contributed by atoms with van der Waals surface area (Å²) in [6, 6.07) is 5.73. The summed E-state index contributed by atoms with van der Waals surface area (Å²) in [5.41, 5.74) is 3.50. The molecule has 130 valence electrons. The van der Waals surface area contributed by atoms with E-state index < -0.39 is 9.84 Å². The maximum Gasteiger partial charge on any atom is 0.168 e. The molecule has 1 aliphatic rings. The van der Waals surface area contributed by atoms with Crippen molar-refractivity contribution >= 4 is 26.9 Å². The summed E-state index contributed by atoms with van der Waals surface area (Å²) in [5.74, 6) is -0.133. The summed E-state index contributed by atoms with van der Waals surface area (Å²) < 4.78 is 22.4. The van der Waals surface area contributed by atoms with Crippen LogP contribution in [0.15, 0.2) is 35.8 Å². The fourth-order valence-electron chi connectivity index (χ4n) is 2.97. The number of carbonyl (C=O) groups excluding carboxylic acids is 1. The van der Waals surface area contributed by atoms with E-state index in [0.29, 0.717) is 5.56 Å². The molecule has 0 fully saturated rings. The third-order valence-corrected chi connectivity index (χ3v) is 4.63. The zero-order chi connectivity index (χ0) is 18.1. The summed E-state index contributed by atoms with van der Waals surface area (Å²) in [7, 11) is -3.17. The highest BCUT2D eigenvalue weighted by molar-refractivity contribution is 7.93. The lowest BCUT2D eigenvalue weighted by molar-refractivity contribution is 0.0972. The van der Waals surface area contributed by atoms with E-state index in [1.807, 2.05) is 32.0 Å². The maximum absolute atomic E-state index is 12.7. The molecule has 1 aliphatic heterocycles. The Bertz CT molecular complexity index is 817. The number of hydrogen-bond donors (Lipinski definition) is 1. The third kappa shape index (κ3) is 4.57. The Balaban J connectivity index is 2.28. The van der Waals surface area contributed by atoms with Crippen molar-refractivity contribution in [3.8, 4) is 0 Å². The van der Waals surface area contributed by atoms with Crippen molar-refractivity contribution in [3.63, 3.8) is 0 Å². The number of rotatable bonds is 5. The Kier molecular flexibility index (Phi) is 5.04. The fourth-order valence-corrected chi connectivity index (χ4v) is 3.53. The predicted octanol–water partition coefficient (Wildman–Crippen LogP) is 4.06. The highest BCUT2D eigenvalue weighted by atomic mass is 32.2. The van der Waals surface area contributed by atoms with Gasteiger partial charge in [-0.3, -0.25) is 4.79 Å². The number of fused-ring (bicyclic) bond motifs is 1. The number of sulfone groups is 1. The van der Waals surface area contributed by atoms with Gasteiger partial charge in [0.25, 0.3) is 0 Å². The molecule has 1 aromatic carbocycles. The lowest BCUT2D eigenvalue weighted by atomic mass is 9.87. The molecule has 1 aromatic rings. The van der Waals surface area contributed by atoms with Crippen molar-refractivity contribution in [1.29, 1.82) is 0 Å². The van der Waals surface area contributed by atoms with Gasteiger partial charge in [-0.05, 0) is 38.3 Å². The van der Waals surface area contributed by atoms with Gasteiger partial charge in [0.05, 0.1) is 11.2 Å². The average Bonchev–Trinajstić information content (AvgIpc) is 2.42. The normalized spacial score (nSPS) is 17.8. The first-order valence-electron chi connectivity index (χ1n) is 8.01. The second-order valence-electron chi connectivity index (χ2n) is 7.16. The Morgan fingerprint density at radius 3 is 2.62 bits per heavy atom. The first-order valence-corrected chi connectivity index (χ1v) is 9.96. The molecule has 5 heteroatoms. The molecule has 0 aliphatic carbocycles. The summed E-state index contributed by atoms with van der Waals surface area (Å²) in [6.45, 7) is 8.03. The first-order chi connectivity index (χ1) is 11.0. The maximum atomic E-state index is 12.7. The van der Waals surface area contributed by atoms with E-state index in [-0.39, 0.29) is 23.7 Å². The predicted molar refractivity (Wildman–Crippen MR) is 99.9 cm³/mol. The molecule has 1 heterocycles. The number of benzene rings is 1. The minimum atomic E-state index is -3.17. The molecule has 1 unspecified atom stereocenters. The molecule has 4 nitrogen and oxygen atoms in total. The van der Waals surface area contributed by atoms with E-state index in [1.165, 1.54) is 5.41 Å². The van der Waals surface area contributed by atoms with Gasteiger partial charge in [0.2, 0.25) is 0 Å². The number of Topliss-reactive ketones (excluding diaryl/α,β-unsaturated/α-hetero) is 1. The van der Waals surface area contributed by atoms with Gasteiger partial charge in [-0.25, -0.2) is 8.42 Å². The number of allylic oxidation sites excluding steroid dienone is 2. The summed E-state index contributed by atoms with van der Waals surface area (Å²) >= 11 is 0. The highest BCUT2D eigenvalue weighted by Crippen LogP contribution is 2.36. The number of ketones is 1. The van der Waals surface area contributed by atoms with Gasteiger partial charge in [0, 0.05) is 29.2 Å². The molecule has 1 N–H and O–H groups in total. The number of anilines is 1. The molecule has 0 bridgehead atoms. The second kappa shape index (κ2) is 6.55.